The van der Waals surface area contributed by atoms with Gasteiger partial charge in [-0.3, -0.25) is 4.79 Å². The van der Waals surface area contributed by atoms with Crippen molar-refractivity contribution in [3.05, 3.63) is 89.0 Å². The zero-order chi connectivity index (χ0) is 22.1. The first kappa shape index (κ1) is 21.9. The molecule has 1 N–H and O–H groups in total. The van der Waals surface area contributed by atoms with E-state index < -0.39 is 0 Å². The average Bonchev–Trinajstić information content (AvgIpc) is 2.79. The second kappa shape index (κ2) is 10.8. The first-order valence-corrected chi connectivity index (χ1v) is 9.93. The topological polar surface area (TPSA) is 69.2 Å². The number of para-hydroxylation sites is 1. The van der Waals surface area contributed by atoms with Gasteiger partial charge in [0.2, 0.25) is 0 Å². The first-order valence-electron chi connectivity index (χ1n) is 9.93. The number of hydrogen-bond acceptors (Lipinski definition) is 5. The minimum Gasteiger partial charge on any atom is -0.493 e. The van der Waals surface area contributed by atoms with E-state index in [-0.39, 0.29) is 12.5 Å². The minimum atomic E-state index is -0.267. The molecular weight excluding hydrogens is 392 g/mol. The van der Waals surface area contributed by atoms with Gasteiger partial charge in [0.05, 0.1) is 13.3 Å². The number of benzene rings is 3. The summed E-state index contributed by atoms with van der Waals surface area (Å²) in [6.45, 7) is 4.16. The fraction of sp³-hybridized carbons (Fsp3) is 0.200. The Hall–Kier alpha value is -3.80. The lowest BCUT2D eigenvalue weighted by Gasteiger charge is -2.11. The number of nitrogens with one attached hydrogen (secondary N) is 1. The van der Waals surface area contributed by atoms with Crippen molar-refractivity contribution in [3.63, 3.8) is 0 Å². The van der Waals surface area contributed by atoms with Crippen LogP contribution in [0.4, 0.5) is 5.69 Å². The highest BCUT2D eigenvalue weighted by Gasteiger charge is 2.08. The average molecular weight is 418 g/mol. The molecule has 1 amide bonds. The minimum absolute atomic E-state index is 0.181. The van der Waals surface area contributed by atoms with Gasteiger partial charge in [0.1, 0.15) is 6.61 Å². The molecule has 0 atom stereocenters. The molecule has 3 aromatic carbocycles. The van der Waals surface area contributed by atoms with Crippen molar-refractivity contribution in [1.29, 1.82) is 0 Å². The molecule has 0 unspecified atom stereocenters. The lowest BCUT2D eigenvalue weighted by Crippen LogP contribution is -2.18. The van der Waals surface area contributed by atoms with E-state index >= 15 is 0 Å². The maximum atomic E-state index is 12.1. The van der Waals surface area contributed by atoms with Gasteiger partial charge in [0.25, 0.3) is 5.91 Å². The number of amides is 1. The monoisotopic (exact) mass is 418 g/mol. The van der Waals surface area contributed by atoms with Crippen LogP contribution < -0.4 is 14.8 Å². The largest absolute Gasteiger partial charge is 0.493 e. The molecule has 3 aromatic rings. The summed E-state index contributed by atoms with van der Waals surface area (Å²) in [5.74, 6) is 0.960. The first-order chi connectivity index (χ1) is 15.1. The molecule has 0 fully saturated rings. The van der Waals surface area contributed by atoms with Crippen molar-refractivity contribution >= 4 is 17.8 Å². The zero-order valence-electron chi connectivity index (χ0n) is 17.9. The van der Waals surface area contributed by atoms with E-state index in [2.05, 4.69) is 10.5 Å². The van der Waals surface area contributed by atoms with Crippen LogP contribution >= 0.6 is 0 Å². The van der Waals surface area contributed by atoms with Gasteiger partial charge in [0.15, 0.2) is 18.1 Å². The highest BCUT2D eigenvalue weighted by Crippen LogP contribution is 2.28. The molecule has 0 aliphatic heterocycles. The summed E-state index contributed by atoms with van der Waals surface area (Å²) in [7, 11) is 1.58. The summed E-state index contributed by atoms with van der Waals surface area (Å²) < 4.78 is 11.3. The normalized spacial score (nSPS) is 10.7. The Bertz CT molecular complexity index is 1030. The van der Waals surface area contributed by atoms with Crippen molar-refractivity contribution in [2.45, 2.75) is 20.5 Å². The van der Waals surface area contributed by atoms with Gasteiger partial charge in [-0.25, -0.2) is 0 Å². The van der Waals surface area contributed by atoms with Crippen LogP contribution in [0.25, 0.3) is 0 Å². The number of anilines is 1. The second-order valence-electron chi connectivity index (χ2n) is 7.01. The molecule has 0 aromatic heterocycles. The summed E-state index contributed by atoms with van der Waals surface area (Å²) in [4.78, 5) is 17.3. The zero-order valence-corrected chi connectivity index (χ0v) is 17.9. The van der Waals surface area contributed by atoms with Gasteiger partial charge >= 0.3 is 0 Å². The third kappa shape index (κ3) is 6.34. The molecule has 6 nitrogen and oxygen atoms in total. The van der Waals surface area contributed by atoms with Crippen molar-refractivity contribution < 1.29 is 19.1 Å². The number of carbonyl (C=O) groups excluding carboxylic acids is 1. The van der Waals surface area contributed by atoms with E-state index in [1.54, 1.807) is 13.2 Å². The third-order valence-corrected chi connectivity index (χ3v) is 4.64. The van der Waals surface area contributed by atoms with Gasteiger partial charge in [-0.1, -0.05) is 53.7 Å². The smallest absolute Gasteiger partial charge is 0.265 e. The SMILES string of the molecule is COc1cc(/C=N\OCC(=O)Nc2c(C)cccc2C)ccc1OCc1ccccc1. The van der Waals surface area contributed by atoms with E-state index in [0.717, 1.165) is 27.9 Å². The summed E-state index contributed by atoms with van der Waals surface area (Å²) >= 11 is 0. The Morgan fingerprint density at radius 3 is 2.42 bits per heavy atom. The summed E-state index contributed by atoms with van der Waals surface area (Å²) in [6, 6.07) is 21.2. The number of hydrogen-bond donors (Lipinski definition) is 1. The molecule has 31 heavy (non-hydrogen) atoms. The highest BCUT2D eigenvalue weighted by molar-refractivity contribution is 5.93. The molecular formula is C25H26N2O4. The van der Waals surface area contributed by atoms with Crippen LogP contribution in [0.2, 0.25) is 0 Å². The Labute approximate surface area is 182 Å². The number of methoxy groups -OCH3 is 1. The van der Waals surface area contributed by atoms with Crippen molar-refractivity contribution in [1.82, 2.24) is 0 Å². The van der Waals surface area contributed by atoms with Crippen LogP contribution in [0.5, 0.6) is 11.5 Å². The summed E-state index contributed by atoms with van der Waals surface area (Å²) in [5.41, 5.74) is 4.63. The fourth-order valence-corrected chi connectivity index (χ4v) is 3.00. The van der Waals surface area contributed by atoms with E-state index in [9.17, 15) is 4.79 Å². The molecule has 3 rings (SSSR count). The van der Waals surface area contributed by atoms with Gasteiger partial charge in [-0.05, 0) is 48.7 Å². The molecule has 0 bridgehead atoms. The molecule has 0 spiro atoms. The number of ether oxygens (including phenoxy) is 2. The Balaban J connectivity index is 1.52. The Kier molecular flexibility index (Phi) is 7.65. The number of aryl methyl sites for hydroxylation is 2. The van der Waals surface area contributed by atoms with Crippen LogP contribution in [-0.4, -0.2) is 25.8 Å². The maximum absolute atomic E-state index is 12.1. The second-order valence-corrected chi connectivity index (χ2v) is 7.01. The number of oxime groups is 1. The Morgan fingerprint density at radius 1 is 0.968 bits per heavy atom. The van der Waals surface area contributed by atoms with Gasteiger partial charge in [0, 0.05) is 11.3 Å². The van der Waals surface area contributed by atoms with E-state index in [0.29, 0.717) is 18.1 Å². The fourth-order valence-electron chi connectivity index (χ4n) is 3.00. The maximum Gasteiger partial charge on any atom is 0.265 e. The van der Waals surface area contributed by atoms with E-state index in [4.69, 9.17) is 14.3 Å². The molecule has 6 heteroatoms. The number of nitrogens with zero attached hydrogens (tertiary/aromatic N) is 1. The van der Waals surface area contributed by atoms with Crippen molar-refractivity contribution in [3.8, 4) is 11.5 Å². The van der Waals surface area contributed by atoms with Crippen LogP contribution in [0.15, 0.2) is 71.9 Å². The Morgan fingerprint density at radius 2 is 1.71 bits per heavy atom. The lowest BCUT2D eigenvalue weighted by atomic mass is 10.1. The summed E-state index contributed by atoms with van der Waals surface area (Å²) in [5, 5.41) is 6.74. The lowest BCUT2D eigenvalue weighted by molar-refractivity contribution is -0.120. The van der Waals surface area contributed by atoms with Crippen LogP contribution in [0, 0.1) is 13.8 Å². The predicted molar refractivity (Wildman–Crippen MR) is 122 cm³/mol. The van der Waals surface area contributed by atoms with E-state index in [1.165, 1.54) is 6.21 Å². The van der Waals surface area contributed by atoms with Gasteiger partial charge < -0.3 is 19.6 Å². The predicted octanol–water partition coefficient (Wildman–Crippen LogP) is 4.88. The molecule has 0 saturated heterocycles. The molecule has 0 radical (unpaired) electrons. The standard InChI is InChI=1S/C25H26N2O4/c1-18-8-7-9-19(2)25(18)27-24(28)17-31-26-15-21-12-13-22(23(14-21)29-3)30-16-20-10-5-4-6-11-20/h4-15H,16-17H2,1-3H3,(H,27,28)/b26-15-. The highest BCUT2D eigenvalue weighted by atomic mass is 16.6. The summed E-state index contributed by atoms with van der Waals surface area (Å²) in [6.07, 6.45) is 1.52. The van der Waals surface area contributed by atoms with Gasteiger partial charge in [-0.2, -0.15) is 0 Å². The van der Waals surface area contributed by atoms with Crippen LogP contribution in [-0.2, 0) is 16.2 Å². The molecule has 0 saturated carbocycles. The molecule has 160 valence electrons. The third-order valence-electron chi connectivity index (χ3n) is 4.64. The molecule has 0 aliphatic carbocycles. The van der Waals surface area contributed by atoms with Gasteiger partial charge in [-0.15, -0.1) is 0 Å². The van der Waals surface area contributed by atoms with Crippen molar-refractivity contribution in [2.75, 3.05) is 19.0 Å². The molecule has 0 aliphatic rings. The van der Waals surface area contributed by atoms with Crippen LogP contribution in [0.1, 0.15) is 22.3 Å². The molecule has 0 heterocycles. The van der Waals surface area contributed by atoms with E-state index in [1.807, 2.05) is 74.5 Å². The quantitative estimate of drug-likeness (QED) is 0.397. The number of rotatable bonds is 9. The van der Waals surface area contributed by atoms with Crippen molar-refractivity contribution in [2.24, 2.45) is 5.16 Å². The van der Waals surface area contributed by atoms with Crippen LogP contribution in [0.3, 0.4) is 0 Å². The number of carbonyl (C=O) groups is 1.